The summed E-state index contributed by atoms with van der Waals surface area (Å²) < 4.78 is 31.6. The lowest BCUT2D eigenvalue weighted by Crippen LogP contribution is -2.53. The number of carbonyl (C=O) groups is 2. The normalized spacial score (nSPS) is 12.2. The van der Waals surface area contributed by atoms with Gasteiger partial charge in [0.15, 0.2) is 0 Å². The van der Waals surface area contributed by atoms with Gasteiger partial charge >= 0.3 is 0 Å². The smallest absolute Gasteiger partial charge is 0.244 e. The molecule has 0 aliphatic rings. The van der Waals surface area contributed by atoms with Crippen molar-refractivity contribution in [2.45, 2.75) is 52.7 Å². The number of methoxy groups -OCH3 is 1. The largest absolute Gasteiger partial charge is 0.497 e. The van der Waals surface area contributed by atoms with E-state index in [-0.39, 0.29) is 18.5 Å². The number of rotatable bonds is 11. The highest BCUT2D eigenvalue weighted by Gasteiger charge is 2.32. The second kappa shape index (κ2) is 11.9. The Morgan fingerprint density at radius 3 is 2.18 bits per heavy atom. The zero-order valence-electron chi connectivity index (χ0n) is 20.7. The molecule has 1 N–H and O–H groups in total. The zero-order valence-corrected chi connectivity index (χ0v) is 21.6. The Labute approximate surface area is 202 Å². The maximum Gasteiger partial charge on any atom is 0.244 e. The third-order valence-electron chi connectivity index (χ3n) is 5.39. The van der Waals surface area contributed by atoms with E-state index in [1.807, 2.05) is 32.9 Å². The van der Waals surface area contributed by atoms with E-state index in [0.717, 1.165) is 21.7 Å². The summed E-state index contributed by atoms with van der Waals surface area (Å²) >= 11 is 0. The monoisotopic (exact) mass is 489 g/mol. The van der Waals surface area contributed by atoms with Gasteiger partial charge in [-0.15, -0.1) is 0 Å². The maximum atomic E-state index is 13.6. The van der Waals surface area contributed by atoms with E-state index in [4.69, 9.17) is 4.74 Å². The van der Waals surface area contributed by atoms with E-state index in [9.17, 15) is 18.0 Å². The van der Waals surface area contributed by atoms with Gasteiger partial charge in [-0.05, 0) is 56.5 Å². The molecule has 186 valence electrons. The Morgan fingerprint density at radius 1 is 1.06 bits per heavy atom. The fourth-order valence-electron chi connectivity index (χ4n) is 3.67. The second-order valence-electron chi connectivity index (χ2n) is 8.51. The van der Waals surface area contributed by atoms with Gasteiger partial charge in [-0.2, -0.15) is 0 Å². The van der Waals surface area contributed by atoms with Crippen LogP contribution in [0.25, 0.3) is 0 Å². The Bertz CT molecular complexity index is 1080. The number of anilines is 1. The van der Waals surface area contributed by atoms with E-state index in [1.54, 1.807) is 50.4 Å². The Kier molecular flexibility index (Phi) is 9.49. The summed E-state index contributed by atoms with van der Waals surface area (Å²) in [4.78, 5) is 28.0. The standard InChI is InChI=1S/C25H35N3O5S/c1-7-22(25(30)26-18(2)3)27(16-20-12-14-21(33-5)15-13-20)24(29)17-28(34(6,31)32)23-11-9-8-10-19(23)4/h8-15,18,22H,7,16-17H2,1-6H3,(H,26,30)/t22-/m0/s1. The molecule has 2 aromatic rings. The van der Waals surface area contributed by atoms with E-state index in [0.29, 0.717) is 17.9 Å². The highest BCUT2D eigenvalue weighted by Crippen LogP contribution is 2.23. The first kappa shape index (κ1) is 27.2. The van der Waals surface area contributed by atoms with E-state index >= 15 is 0 Å². The molecule has 0 aromatic heterocycles. The molecule has 0 saturated heterocycles. The molecule has 1 atom stereocenters. The third kappa shape index (κ3) is 7.21. The number of sulfonamides is 1. The van der Waals surface area contributed by atoms with Crippen molar-refractivity contribution in [2.24, 2.45) is 0 Å². The number of ether oxygens (including phenoxy) is 1. The molecule has 2 aromatic carbocycles. The molecule has 0 spiro atoms. The minimum Gasteiger partial charge on any atom is -0.497 e. The van der Waals surface area contributed by atoms with Crippen LogP contribution in [0.1, 0.15) is 38.3 Å². The fourth-order valence-corrected chi connectivity index (χ4v) is 4.57. The Balaban J connectivity index is 2.44. The predicted molar refractivity (Wildman–Crippen MR) is 134 cm³/mol. The molecular weight excluding hydrogens is 454 g/mol. The van der Waals surface area contributed by atoms with Crippen molar-refractivity contribution < 1.29 is 22.7 Å². The molecule has 0 heterocycles. The van der Waals surface area contributed by atoms with Crippen LogP contribution >= 0.6 is 0 Å². The number of nitrogens with zero attached hydrogens (tertiary/aromatic N) is 2. The number of hydrogen-bond acceptors (Lipinski definition) is 5. The molecule has 8 nitrogen and oxygen atoms in total. The van der Waals surface area contributed by atoms with Crippen LogP contribution in [-0.4, -0.2) is 57.1 Å². The van der Waals surface area contributed by atoms with Gasteiger partial charge in [-0.3, -0.25) is 13.9 Å². The van der Waals surface area contributed by atoms with E-state index in [1.165, 1.54) is 4.90 Å². The molecule has 0 radical (unpaired) electrons. The minimum atomic E-state index is -3.75. The average molecular weight is 490 g/mol. The van der Waals surface area contributed by atoms with Crippen LogP contribution in [0.5, 0.6) is 5.75 Å². The van der Waals surface area contributed by atoms with Crippen molar-refractivity contribution in [3.8, 4) is 5.75 Å². The minimum absolute atomic E-state index is 0.0982. The maximum absolute atomic E-state index is 13.6. The molecule has 0 fully saturated rings. The summed E-state index contributed by atoms with van der Waals surface area (Å²) in [7, 11) is -2.18. The van der Waals surface area contributed by atoms with Gasteiger partial charge in [0.05, 0.1) is 19.1 Å². The van der Waals surface area contributed by atoms with Crippen molar-refractivity contribution in [3.63, 3.8) is 0 Å². The number of para-hydroxylation sites is 1. The Morgan fingerprint density at radius 2 is 1.68 bits per heavy atom. The first-order valence-electron chi connectivity index (χ1n) is 11.2. The molecule has 0 saturated carbocycles. The summed E-state index contributed by atoms with van der Waals surface area (Å²) in [5, 5.41) is 2.87. The van der Waals surface area contributed by atoms with Gasteiger partial charge in [0.2, 0.25) is 21.8 Å². The summed E-state index contributed by atoms with van der Waals surface area (Å²) in [5.41, 5.74) is 1.96. The number of carbonyl (C=O) groups excluding carboxylic acids is 2. The fraction of sp³-hybridized carbons (Fsp3) is 0.440. The van der Waals surface area contributed by atoms with Gasteiger partial charge in [0, 0.05) is 12.6 Å². The lowest BCUT2D eigenvalue weighted by molar-refractivity contribution is -0.140. The lowest BCUT2D eigenvalue weighted by Gasteiger charge is -2.33. The van der Waals surface area contributed by atoms with Gasteiger partial charge in [0.1, 0.15) is 18.3 Å². The summed E-state index contributed by atoms with van der Waals surface area (Å²) in [5.74, 6) is -0.0644. The highest BCUT2D eigenvalue weighted by molar-refractivity contribution is 7.92. The summed E-state index contributed by atoms with van der Waals surface area (Å²) in [6.45, 7) is 7.06. The molecule has 2 rings (SSSR count). The van der Waals surface area contributed by atoms with Crippen LogP contribution in [0.2, 0.25) is 0 Å². The highest BCUT2D eigenvalue weighted by atomic mass is 32.2. The van der Waals surface area contributed by atoms with Crippen LogP contribution in [0.15, 0.2) is 48.5 Å². The van der Waals surface area contributed by atoms with E-state index in [2.05, 4.69) is 5.32 Å². The topological polar surface area (TPSA) is 96.0 Å². The summed E-state index contributed by atoms with van der Waals surface area (Å²) in [6, 6.07) is 13.3. The van der Waals surface area contributed by atoms with Crippen molar-refractivity contribution >= 4 is 27.5 Å². The molecule has 0 aliphatic heterocycles. The van der Waals surface area contributed by atoms with Crippen molar-refractivity contribution in [1.82, 2.24) is 10.2 Å². The molecule has 0 aliphatic carbocycles. The SMILES string of the molecule is CC[C@@H](C(=O)NC(C)C)N(Cc1ccc(OC)cc1)C(=O)CN(c1ccccc1C)S(C)(=O)=O. The van der Waals surface area contributed by atoms with Gasteiger partial charge in [-0.1, -0.05) is 37.3 Å². The van der Waals surface area contributed by atoms with Crippen molar-refractivity contribution in [1.29, 1.82) is 0 Å². The predicted octanol–water partition coefficient (Wildman–Crippen LogP) is 3.10. The Hall–Kier alpha value is -3.07. The van der Waals surface area contributed by atoms with Crippen LogP contribution < -0.4 is 14.4 Å². The molecule has 0 unspecified atom stereocenters. The van der Waals surface area contributed by atoms with Crippen molar-refractivity contribution in [3.05, 3.63) is 59.7 Å². The third-order valence-corrected chi connectivity index (χ3v) is 6.52. The first-order valence-corrected chi connectivity index (χ1v) is 13.1. The zero-order chi connectivity index (χ0) is 25.5. The number of nitrogens with one attached hydrogen (secondary N) is 1. The van der Waals surface area contributed by atoms with E-state index < -0.39 is 28.5 Å². The molecule has 0 bridgehead atoms. The van der Waals surface area contributed by atoms with Crippen LogP contribution in [0.3, 0.4) is 0 Å². The molecule has 34 heavy (non-hydrogen) atoms. The summed E-state index contributed by atoms with van der Waals surface area (Å²) in [6.07, 6.45) is 1.45. The number of aryl methyl sites for hydroxylation is 1. The van der Waals surface area contributed by atoms with Crippen molar-refractivity contribution in [2.75, 3.05) is 24.2 Å². The lowest BCUT2D eigenvalue weighted by atomic mass is 10.1. The van der Waals surface area contributed by atoms with Crippen LogP contribution in [0.4, 0.5) is 5.69 Å². The van der Waals surface area contributed by atoms with Gasteiger partial charge in [0.25, 0.3) is 0 Å². The number of amides is 2. The second-order valence-corrected chi connectivity index (χ2v) is 10.4. The van der Waals surface area contributed by atoms with Crippen LogP contribution in [0, 0.1) is 6.92 Å². The number of hydrogen-bond donors (Lipinski definition) is 1. The average Bonchev–Trinajstić information content (AvgIpc) is 2.77. The quantitative estimate of drug-likeness (QED) is 0.523. The van der Waals surface area contributed by atoms with Crippen LogP contribution in [-0.2, 0) is 26.2 Å². The molecular formula is C25H35N3O5S. The number of benzene rings is 2. The molecule has 9 heteroatoms. The molecule has 2 amide bonds. The van der Waals surface area contributed by atoms with Gasteiger partial charge < -0.3 is 15.0 Å². The first-order chi connectivity index (χ1) is 16.0. The van der Waals surface area contributed by atoms with Gasteiger partial charge in [-0.25, -0.2) is 8.42 Å².